The van der Waals surface area contributed by atoms with E-state index in [0.29, 0.717) is 11.5 Å². The van der Waals surface area contributed by atoms with Crippen LogP contribution in [0.1, 0.15) is 59.4 Å². The fourth-order valence-corrected chi connectivity index (χ4v) is 4.20. The molecular weight excluding hydrogens is 509 g/mol. The van der Waals surface area contributed by atoms with Crippen molar-refractivity contribution < 1.29 is 27.2 Å². The van der Waals surface area contributed by atoms with Crippen molar-refractivity contribution in [2.75, 3.05) is 5.32 Å². The Labute approximate surface area is 194 Å². The van der Waals surface area contributed by atoms with Gasteiger partial charge >= 0.3 is 6.18 Å². The van der Waals surface area contributed by atoms with Crippen LogP contribution in [-0.4, -0.2) is 31.4 Å². The summed E-state index contributed by atoms with van der Waals surface area (Å²) in [6.45, 7) is 1.58. The average molecular weight is 529 g/mol. The molecule has 3 heterocycles. The number of hydrogen-bond donors (Lipinski definition) is 2. The Hall–Kier alpha value is -3.09. The van der Waals surface area contributed by atoms with E-state index < -0.39 is 29.7 Å². The standard InChI is InChI=1S/C20H20BrF3N6O3/c1-10(30-16(11-5-6-11)14(21)17(28-30)20(22,23)24)18(31)26-13-9-29(2)27-15(13)19(32)25-8-12-4-3-7-33-12/h3-4,7,9-11H,5-6,8H2,1-2H3,(H,25,32)(H,26,31). The number of halogens is 4. The molecule has 1 atom stereocenters. The van der Waals surface area contributed by atoms with Gasteiger partial charge in [-0.1, -0.05) is 0 Å². The van der Waals surface area contributed by atoms with Crippen LogP contribution in [0, 0.1) is 0 Å². The van der Waals surface area contributed by atoms with Crippen LogP contribution in [0.25, 0.3) is 0 Å². The average Bonchev–Trinajstić information content (AvgIpc) is 3.14. The number of carbonyl (C=O) groups is 2. The molecule has 1 aliphatic carbocycles. The first-order valence-corrected chi connectivity index (χ1v) is 10.9. The van der Waals surface area contributed by atoms with Gasteiger partial charge in [-0.15, -0.1) is 0 Å². The van der Waals surface area contributed by atoms with Gasteiger partial charge in [0.2, 0.25) is 5.91 Å². The molecule has 4 rings (SSSR count). The zero-order valence-electron chi connectivity index (χ0n) is 17.6. The zero-order chi connectivity index (χ0) is 23.9. The molecule has 0 aromatic carbocycles. The number of amides is 2. The van der Waals surface area contributed by atoms with E-state index in [-0.39, 0.29) is 28.3 Å². The van der Waals surface area contributed by atoms with Crippen LogP contribution < -0.4 is 10.6 Å². The first kappa shape index (κ1) is 23.1. The molecule has 0 aliphatic heterocycles. The maximum atomic E-state index is 13.4. The highest BCUT2D eigenvalue weighted by molar-refractivity contribution is 9.10. The van der Waals surface area contributed by atoms with Crippen molar-refractivity contribution in [1.82, 2.24) is 24.9 Å². The van der Waals surface area contributed by atoms with Gasteiger partial charge in [0, 0.05) is 19.2 Å². The highest BCUT2D eigenvalue weighted by Gasteiger charge is 2.43. The number of anilines is 1. The van der Waals surface area contributed by atoms with Crippen LogP contribution in [0.4, 0.5) is 18.9 Å². The maximum Gasteiger partial charge on any atom is 0.436 e. The number of aryl methyl sites for hydroxylation is 1. The first-order valence-electron chi connectivity index (χ1n) is 10.1. The predicted octanol–water partition coefficient (Wildman–Crippen LogP) is 4.00. The Bertz CT molecular complexity index is 1180. The van der Waals surface area contributed by atoms with Gasteiger partial charge in [0.1, 0.15) is 11.8 Å². The Morgan fingerprint density at radius 2 is 2.06 bits per heavy atom. The van der Waals surface area contributed by atoms with Crippen LogP contribution in [0.15, 0.2) is 33.5 Å². The molecule has 1 unspecified atom stereocenters. The number of furan rings is 1. The third kappa shape index (κ3) is 4.82. The third-order valence-corrected chi connectivity index (χ3v) is 5.95. The lowest BCUT2D eigenvalue weighted by atomic mass is 10.2. The number of nitrogens with zero attached hydrogens (tertiary/aromatic N) is 4. The molecule has 176 valence electrons. The van der Waals surface area contributed by atoms with Gasteiger partial charge in [0.25, 0.3) is 5.91 Å². The monoisotopic (exact) mass is 528 g/mol. The predicted molar refractivity (Wildman–Crippen MR) is 113 cm³/mol. The van der Waals surface area contributed by atoms with E-state index in [0.717, 1.165) is 17.5 Å². The van der Waals surface area contributed by atoms with Crippen molar-refractivity contribution in [1.29, 1.82) is 0 Å². The lowest BCUT2D eigenvalue weighted by molar-refractivity contribution is -0.142. The number of nitrogens with one attached hydrogen (secondary N) is 2. The summed E-state index contributed by atoms with van der Waals surface area (Å²) in [4.78, 5) is 25.5. The summed E-state index contributed by atoms with van der Waals surface area (Å²) in [5.41, 5.74) is -0.637. The van der Waals surface area contributed by atoms with Crippen LogP contribution in [-0.2, 0) is 24.6 Å². The topological polar surface area (TPSA) is 107 Å². The van der Waals surface area contributed by atoms with E-state index in [1.807, 2.05) is 0 Å². The molecule has 0 saturated heterocycles. The van der Waals surface area contributed by atoms with Gasteiger partial charge in [-0.25, -0.2) is 0 Å². The summed E-state index contributed by atoms with van der Waals surface area (Å²) in [7, 11) is 1.58. The Balaban J connectivity index is 1.54. The minimum Gasteiger partial charge on any atom is -0.467 e. The molecule has 1 saturated carbocycles. The molecule has 3 aromatic heterocycles. The molecule has 0 spiro atoms. The second-order valence-electron chi connectivity index (χ2n) is 7.76. The summed E-state index contributed by atoms with van der Waals surface area (Å²) in [5.74, 6) is -0.737. The van der Waals surface area contributed by atoms with Crippen LogP contribution in [0.5, 0.6) is 0 Å². The molecule has 2 amide bonds. The summed E-state index contributed by atoms with van der Waals surface area (Å²) in [6.07, 6.45) is -0.305. The fraction of sp³-hybridized carbons (Fsp3) is 0.400. The van der Waals surface area contributed by atoms with E-state index in [9.17, 15) is 22.8 Å². The molecule has 1 fully saturated rings. The summed E-state index contributed by atoms with van der Waals surface area (Å²) < 4.78 is 47.6. The summed E-state index contributed by atoms with van der Waals surface area (Å²) in [5, 5.41) is 13.0. The number of rotatable bonds is 7. The summed E-state index contributed by atoms with van der Waals surface area (Å²) >= 11 is 3.02. The minimum atomic E-state index is -4.66. The molecule has 1 aliphatic rings. The lowest BCUT2D eigenvalue weighted by Crippen LogP contribution is -2.28. The molecule has 2 N–H and O–H groups in total. The molecule has 3 aromatic rings. The van der Waals surface area contributed by atoms with Crippen LogP contribution in [0.3, 0.4) is 0 Å². The van der Waals surface area contributed by atoms with Crippen molar-refractivity contribution in [3.05, 3.63) is 51.9 Å². The fourth-order valence-electron chi connectivity index (χ4n) is 3.39. The number of hydrogen-bond acceptors (Lipinski definition) is 5. The van der Waals surface area contributed by atoms with Gasteiger partial charge in [0.05, 0.1) is 28.7 Å². The van der Waals surface area contributed by atoms with Crippen LogP contribution in [0.2, 0.25) is 0 Å². The van der Waals surface area contributed by atoms with E-state index in [2.05, 4.69) is 36.8 Å². The maximum absolute atomic E-state index is 13.4. The van der Waals surface area contributed by atoms with Gasteiger partial charge < -0.3 is 15.1 Å². The van der Waals surface area contributed by atoms with Crippen molar-refractivity contribution in [2.24, 2.45) is 7.05 Å². The second-order valence-corrected chi connectivity index (χ2v) is 8.55. The zero-order valence-corrected chi connectivity index (χ0v) is 19.2. The SMILES string of the molecule is CC(C(=O)Nc1cn(C)nc1C(=O)NCc1ccco1)n1nc(C(F)(F)F)c(Br)c1C1CC1. The lowest BCUT2D eigenvalue weighted by Gasteiger charge is -2.15. The first-order chi connectivity index (χ1) is 15.6. The van der Waals surface area contributed by atoms with Crippen LogP contribution >= 0.6 is 15.9 Å². The molecule has 33 heavy (non-hydrogen) atoms. The van der Waals surface area contributed by atoms with Crippen molar-refractivity contribution in [3.63, 3.8) is 0 Å². The normalized spacial score (nSPS) is 14.8. The van der Waals surface area contributed by atoms with Crippen molar-refractivity contribution >= 4 is 33.4 Å². The summed E-state index contributed by atoms with van der Waals surface area (Å²) in [6, 6.07) is 2.31. The molecule has 9 nitrogen and oxygen atoms in total. The van der Waals surface area contributed by atoms with Gasteiger partial charge in [-0.2, -0.15) is 23.4 Å². The van der Waals surface area contributed by atoms with Gasteiger partial charge in [0.15, 0.2) is 11.4 Å². The molecule has 0 bridgehead atoms. The quantitative estimate of drug-likeness (QED) is 0.482. The van der Waals surface area contributed by atoms with Crippen molar-refractivity contribution in [3.8, 4) is 0 Å². The molecule has 13 heteroatoms. The van der Waals surface area contributed by atoms with Gasteiger partial charge in [-0.05, 0) is 47.8 Å². The number of aromatic nitrogens is 4. The van der Waals surface area contributed by atoms with E-state index in [4.69, 9.17) is 4.42 Å². The van der Waals surface area contributed by atoms with E-state index >= 15 is 0 Å². The van der Waals surface area contributed by atoms with Gasteiger partial charge in [-0.3, -0.25) is 19.0 Å². The number of carbonyl (C=O) groups excluding carboxylic acids is 2. The molecular formula is C20H20BrF3N6O3. The largest absolute Gasteiger partial charge is 0.467 e. The molecule has 0 radical (unpaired) electrons. The Morgan fingerprint density at radius 1 is 1.33 bits per heavy atom. The smallest absolute Gasteiger partial charge is 0.436 e. The second kappa shape index (κ2) is 8.69. The Kier molecular flexibility index (Phi) is 6.08. The van der Waals surface area contributed by atoms with Crippen molar-refractivity contribution in [2.45, 2.75) is 44.4 Å². The highest BCUT2D eigenvalue weighted by Crippen LogP contribution is 2.47. The third-order valence-electron chi connectivity index (χ3n) is 5.17. The van der Waals surface area contributed by atoms with E-state index in [1.54, 1.807) is 19.2 Å². The number of alkyl halides is 3. The highest BCUT2D eigenvalue weighted by atomic mass is 79.9. The minimum absolute atomic E-state index is 0.0374. The van der Waals surface area contributed by atoms with E-state index in [1.165, 1.54) is 24.1 Å². The Morgan fingerprint density at radius 3 is 2.67 bits per heavy atom.